The minimum absolute atomic E-state index is 0.0828. The van der Waals surface area contributed by atoms with Crippen molar-refractivity contribution in [2.75, 3.05) is 19.6 Å². The number of aliphatic hydroxyl groups excluding tert-OH is 1. The zero-order chi connectivity index (χ0) is 22.3. The molecule has 1 spiro atoms. The van der Waals surface area contributed by atoms with Gasteiger partial charge in [0.15, 0.2) is 0 Å². The van der Waals surface area contributed by atoms with Gasteiger partial charge in [-0.3, -0.25) is 9.69 Å². The molecule has 4 atom stereocenters. The number of aliphatic hydroxyl groups is 1. The van der Waals surface area contributed by atoms with Crippen LogP contribution in [-0.4, -0.2) is 47.7 Å². The topological polar surface area (TPSA) is 52.6 Å². The largest absolute Gasteiger partial charge is 0.391 e. The molecule has 32 heavy (non-hydrogen) atoms. The predicted molar refractivity (Wildman–Crippen MR) is 123 cm³/mol. The van der Waals surface area contributed by atoms with Crippen LogP contribution in [0.2, 0.25) is 0 Å². The van der Waals surface area contributed by atoms with Gasteiger partial charge < -0.3 is 10.4 Å². The minimum atomic E-state index is -0.419. The summed E-state index contributed by atoms with van der Waals surface area (Å²) in [5.74, 6) is 0.391. The number of rotatable bonds is 3. The first kappa shape index (κ1) is 21.6. The van der Waals surface area contributed by atoms with Gasteiger partial charge in [-0.25, -0.2) is 4.39 Å². The Labute approximate surface area is 189 Å². The van der Waals surface area contributed by atoms with Crippen molar-refractivity contribution in [1.29, 1.82) is 0 Å². The average Bonchev–Trinajstić information content (AvgIpc) is 3.11. The molecule has 2 aromatic rings. The molecule has 3 aliphatic rings. The van der Waals surface area contributed by atoms with Crippen LogP contribution < -0.4 is 5.32 Å². The molecule has 1 saturated carbocycles. The average molecular weight is 437 g/mol. The van der Waals surface area contributed by atoms with E-state index in [9.17, 15) is 14.3 Å². The molecule has 2 N–H and O–H groups in total. The normalized spacial score (nSPS) is 30.4. The van der Waals surface area contributed by atoms with Crippen LogP contribution in [0.5, 0.6) is 0 Å². The maximum Gasteiger partial charge on any atom is 0.227 e. The Bertz CT molecular complexity index is 968. The van der Waals surface area contributed by atoms with Crippen molar-refractivity contribution in [3.63, 3.8) is 0 Å². The van der Waals surface area contributed by atoms with Gasteiger partial charge in [0.1, 0.15) is 5.82 Å². The molecule has 2 aromatic carbocycles. The lowest BCUT2D eigenvalue weighted by Crippen LogP contribution is -2.53. The van der Waals surface area contributed by atoms with Crippen LogP contribution in [-0.2, 0) is 4.79 Å². The number of benzene rings is 2. The summed E-state index contributed by atoms with van der Waals surface area (Å²) in [4.78, 5) is 15.3. The van der Waals surface area contributed by atoms with Gasteiger partial charge in [-0.1, -0.05) is 36.4 Å². The lowest BCUT2D eigenvalue weighted by Gasteiger charge is -2.47. The van der Waals surface area contributed by atoms with Crippen LogP contribution >= 0.6 is 0 Å². The van der Waals surface area contributed by atoms with Gasteiger partial charge in [-0.2, -0.15) is 0 Å². The first-order valence-electron chi connectivity index (χ1n) is 12.0. The summed E-state index contributed by atoms with van der Waals surface area (Å²) in [7, 11) is 0. The zero-order valence-corrected chi connectivity index (χ0v) is 18.8. The molecule has 0 radical (unpaired) electrons. The monoisotopic (exact) mass is 436 g/mol. The molecule has 2 aliphatic heterocycles. The van der Waals surface area contributed by atoms with Crippen molar-refractivity contribution in [3.05, 3.63) is 71.0 Å². The van der Waals surface area contributed by atoms with Gasteiger partial charge in [-0.15, -0.1) is 0 Å². The Morgan fingerprint density at radius 3 is 2.47 bits per heavy atom. The molecular weight excluding hydrogens is 403 g/mol. The van der Waals surface area contributed by atoms with Crippen LogP contribution in [0, 0.1) is 18.2 Å². The van der Waals surface area contributed by atoms with Crippen molar-refractivity contribution in [2.45, 2.75) is 63.0 Å². The first-order valence-corrected chi connectivity index (χ1v) is 12.0. The van der Waals surface area contributed by atoms with Crippen LogP contribution in [0.3, 0.4) is 0 Å². The fraction of sp³-hybridized carbons (Fsp3) is 0.519. The highest BCUT2D eigenvalue weighted by Gasteiger charge is 2.52. The third-order valence-corrected chi connectivity index (χ3v) is 8.43. The van der Waals surface area contributed by atoms with Crippen molar-refractivity contribution in [2.24, 2.45) is 5.41 Å². The number of hydrogen-bond donors (Lipinski definition) is 2. The Morgan fingerprint density at radius 1 is 1.06 bits per heavy atom. The maximum absolute atomic E-state index is 13.4. The standard InChI is InChI=1S/C27H33FN2O2/c1-18-4-2-3-5-22(18)20-8-11-24(25(31)16-20)30-14-12-27(13-15-30)23(17-29-26(27)32)19-6-9-21(28)10-7-19/h2-7,9-10,20,23-25,31H,8,11-17H2,1H3,(H,29,32). The fourth-order valence-electron chi connectivity index (χ4n) is 6.57. The summed E-state index contributed by atoms with van der Waals surface area (Å²) < 4.78 is 13.4. The fourth-order valence-corrected chi connectivity index (χ4v) is 6.57. The van der Waals surface area contributed by atoms with E-state index in [-0.39, 0.29) is 29.8 Å². The molecule has 2 saturated heterocycles. The van der Waals surface area contributed by atoms with E-state index < -0.39 is 5.41 Å². The second-order valence-corrected chi connectivity index (χ2v) is 10.0. The van der Waals surface area contributed by atoms with E-state index in [4.69, 9.17) is 0 Å². The Kier molecular flexibility index (Phi) is 5.81. The first-order chi connectivity index (χ1) is 15.5. The van der Waals surface area contributed by atoms with Crippen molar-refractivity contribution >= 4 is 5.91 Å². The summed E-state index contributed by atoms with van der Waals surface area (Å²) in [6, 6.07) is 15.3. The van der Waals surface area contributed by atoms with E-state index in [0.717, 1.165) is 50.8 Å². The smallest absolute Gasteiger partial charge is 0.227 e. The van der Waals surface area contributed by atoms with Gasteiger partial charge in [0, 0.05) is 18.5 Å². The van der Waals surface area contributed by atoms with Gasteiger partial charge in [-0.05, 0) is 86.9 Å². The summed E-state index contributed by atoms with van der Waals surface area (Å²) in [5, 5.41) is 14.1. The van der Waals surface area contributed by atoms with E-state index in [1.54, 1.807) is 0 Å². The van der Waals surface area contributed by atoms with E-state index in [0.29, 0.717) is 12.5 Å². The third-order valence-electron chi connectivity index (χ3n) is 8.43. The predicted octanol–water partition coefficient (Wildman–Crippen LogP) is 4.13. The quantitative estimate of drug-likeness (QED) is 0.761. The third kappa shape index (κ3) is 3.75. The molecule has 170 valence electrons. The van der Waals surface area contributed by atoms with E-state index in [2.05, 4.69) is 41.4 Å². The number of carbonyl (C=O) groups is 1. The maximum atomic E-state index is 13.4. The highest BCUT2D eigenvalue weighted by molar-refractivity contribution is 5.86. The molecule has 5 heteroatoms. The number of piperidine rings is 1. The highest BCUT2D eigenvalue weighted by atomic mass is 19.1. The molecular formula is C27H33FN2O2. The molecule has 4 unspecified atom stereocenters. The molecule has 4 nitrogen and oxygen atoms in total. The number of halogens is 1. The SMILES string of the molecule is Cc1ccccc1C1CCC(N2CCC3(CC2)C(=O)NCC3c2ccc(F)cc2)C(O)C1. The number of hydrogen-bond acceptors (Lipinski definition) is 3. The number of carbonyl (C=O) groups excluding carboxylic acids is 1. The number of aryl methyl sites for hydroxylation is 1. The van der Waals surface area contributed by atoms with E-state index in [1.165, 1.54) is 23.3 Å². The van der Waals surface area contributed by atoms with Crippen LogP contribution in [0.1, 0.15) is 60.6 Å². The summed E-state index contributed by atoms with van der Waals surface area (Å²) >= 11 is 0. The van der Waals surface area contributed by atoms with Crippen LogP contribution in [0.4, 0.5) is 4.39 Å². The molecule has 3 fully saturated rings. The molecule has 2 heterocycles. The molecule has 1 amide bonds. The van der Waals surface area contributed by atoms with Crippen molar-refractivity contribution in [3.8, 4) is 0 Å². The Hall–Kier alpha value is -2.24. The zero-order valence-electron chi connectivity index (χ0n) is 18.8. The molecule has 0 bridgehead atoms. The highest BCUT2D eigenvalue weighted by Crippen LogP contribution is 2.48. The van der Waals surface area contributed by atoms with Crippen LogP contribution in [0.15, 0.2) is 48.5 Å². The summed E-state index contributed by atoms with van der Waals surface area (Å²) in [5.41, 5.74) is 3.30. The number of nitrogens with one attached hydrogen (secondary N) is 1. The second kappa shape index (κ2) is 8.60. The minimum Gasteiger partial charge on any atom is -0.391 e. The van der Waals surface area contributed by atoms with Gasteiger partial charge in [0.05, 0.1) is 11.5 Å². The van der Waals surface area contributed by atoms with Crippen molar-refractivity contribution < 1.29 is 14.3 Å². The number of likely N-dealkylation sites (tertiary alicyclic amines) is 1. The van der Waals surface area contributed by atoms with Gasteiger partial charge in [0.2, 0.25) is 5.91 Å². The van der Waals surface area contributed by atoms with Gasteiger partial charge in [0.25, 0.3) is 0 Å². The Morgan fingerprint density at radius 2 is 1.78 bits per heavy atom. The van der Waals surface area contributed by atoms with E-state index in [1.807, 2.05) is 12.1 Å². The lowest BCUT2D eigenvalue weighted by atomic mass is 9.67. The molecule has 5 rings (SSSR count). The van der Waals surface area contributed by atoms with E-state index >= 15 is 0 Å². The molecule has 0 aromatic heterocycles. The number of nitrogens with zero attached hydrogens (tertiary/aromatic N) is 1. The number of amides is 1. The summed E-state index contributed by atoms with van der Waals surface area (Å²) in [6.45, 7) is 4.42. The Balaban J connectivity index is 1.26. The lowest BCUT2D eigenvalue weighted by molar-refractivity contribution is -0.131. The molecule has 1 aliphatic carbocycles. The van der Waals surface area contributed by atoms with Crippen molar-refractivity contribution in [1.82, 2.24) is 10.2 Å². The second-order valence-electron chi connectivity index (χ2n) is 10.0. The summed E-state index contributed by atoms with van der Waals surface area (Å²) in [6.07, 6.45) is 4.10. The van der Waals surface area contributed by atoms with Gasteiger partial charge >= 0.3 is 0 Å². The van der Waals surface area contributed by atoms with Crippen LogP contribution in [0.25, 0.3) is 0 Å².